The topological polar surface area (TPSA) is 50.7 Å². The zero-order valence-corrected chi connectivity index (χ0v) is 9.38. The lowest BCUT2D eigenvalue weighted by atomic mass is 10.1. The molecule has 0 atom stereocenters. The zero-order valence-electron chi connectivity index (χ0n) is 8.57. The molecular weight excluding hydrogens is 213 g/mol. The quantitative estimate of drug-likeness (QED) is 0.345. The fourth-order valence-corrected chi connectivity index (χ4v) is 1.36. The van der Waals surface area contributed by atoms with Crippen LogP contribution in [0.5, 0.6) is 0 Å². The molecule has 0 aromatic heterocycles. The lowest BCUT2D eigenvalue weighted by molar-refractivity contribution is 0.628. The maximum atomic E-state index is 12.7. The SMILES string of the molecule is CSC(=N\N)/N=C(\C)c1ccc(F)cc1. The molecule has 1 aromatic carbocycles. The summed E-state index contributed by atoms with van der Waals surface area (Å²) in [5.74, 6) is 4.87. The molecule has 80 valence electrons. The Labute approximate surface area is 92.3 Å². The summed E-state index contributed by atoms with van der Waals surface area (Å²) in [4.78, 5) is 4.20. The molecule has 0 spiro atoms. The maximum Gasteiger partial charge on any atom is 0.205 e. The van der Waals surface area contributed by atoms with Gasteiger partial charge in [0.15, 0.2) is 0 Å². The van der Waals surface area contributed by atoms with Crippen molar-refractivity contribution in [2.45, 2.75) is 6.92 Å². The van der Waals surface area contributed by atoms with Crippen molar-refractivity contribution in [3.05, 3.63) is 35.6 Å². The van der Waals surface area contributed by atoms with Gasteiger partial charge in [0.05, 0.1) is 0 Å². The fraction of sp³-hybridized carbons (Fsp3) is 0.200. The van der Waals surface area contributed by atoms with Crippen molar-refractivity contribution < 1.29 is 4.39 Å². The Balaban J connectivity index is 2.93. The standard InChI is InChI=1S/C10H12FN3S/c1-7(13-10(14-12)15-2)8-3-5-9(11)6-4-8/h3-6H,12H2,1-2H3/b13-7+,14-10-. The van der Waals surface area contributed by atoms with Crippen molar-refractivity contribution in [3.63, 3.8) is 0 Å². The van der Waals surface area contributed by atoms with Crippen LogP contribution in [0.4, 0.5) is 4.39 Å². The van der Waals surface area contributed by atoms with E-state index in [4.69, 9.17) is 5.84 Å². The Morgan fingerprint density at radius 1 is 1.33 bits per heavy atom. The number of benzene rings is 1. The van der Waals surface area contributed by atoms with Crippen LogP contribution in [0.2, 0.25) is 0 Å². The molecule has 0 aliphatic carbocycles. The van der Waals surface area contributed by atoms with Crippen LogP contribution >= 0.6 is 11.8 Å². The predicted molar refractivity (Wildman–Crippen MR) is 63.7 cm³/mol. The van der Waals surface area contributed by atoms with Crippen molar-refractivity contribution in [3.8, 4) is 0 Å². The lowest BCUT2D eigenvalue weighted by Gasteiger charge is -2.00. The van der Waals surface area contributed by atoms with Crippen molar-refractivity contribution in [1.82, 2.24) is 0 Å². The van der Waals surface area contributed by atoms with Gasteiger partial charge in [-0.25, -0.2) is 9.38 Å². The van der Waals surface area contributed by atoms with Crippen molar-refractivity contribution in [2.75, 3.05) is 6.26 Å². The Hall–Kier alpha value is -1.36. The van der Waals surface area contributed by atoms with Gasteiger partial charge in [0.2, 0.25) is 5.17 Å². The number of nitrogens with zero attached hydrogens (tertiary/aromatic N) is 2. The van der Waals surface area contributed by atoms with Gasteiger partial charge >= 0.3 is 0 Å². The molecule has 1 rings (SSSR count). The molecule has 0 unspecified atom stereocenters. The normalized spacial score (nSPS) is 13.0. The fourth-order valence-electron chi connectivity index (χ4n) is 1.03. The molecular formula is C10H12FN3S. The Morgan fingerprint density at radius 2 is 1.93 bits per heavy atom. The minimum absolute atomic E-state index is 0.260. The minimum Gasteiger partial charge on any atom is -0.321 e. The summed E-state index contributed by atoms with van der Waals surface area (Å²) < 4.78 is 12.7. The van der Waals surface area contributed by atoms with Crippen LogP contribution in [0, 0.1) is 5.82 Å². The third kappa shape index (κ3) is 3.36. The number of rotatable bonds is 1. The summed E-state index contributed by atoms with van der Waals surface area (Å²) >= 11 is 1.36. The van der Waals surface area contributed by atoms with Gasteiger partial charge in [-0.2, -0.15) is 5.10 Å². The van der Waals surface area contributed by atoms with E-state index in [0.29, 0.717) is 5.17 Å². The Kier molecular flexibility index (Phi) is 4.30. The van der Waals surface area contributed by atoms with E-state index in [0.717, 1.165) is 11.3 Å². The highest BCUT2D eigenvalue weighted by Crippen LogP contribution is 2.07. The number of hydrazone groups is 1. The monoisotopic (exact) mass is 225 g/mol. The summed E-state index contributed by atoms with van der Waals surface area (Å²) in [6, 6.07) is 6.13. The summed E-state index contributed by atoms with van der Waals surface area (Å²) in [6.45, 7) is 1.83. The second-order valence-electron chi connectivity index (χ2n) is 2.82. The Morgan fingerprint density at radius 3 is 2.40 bits per heavy atom. The first-order valence-corrected chi connectivity index (χ1v) is 5.53. The highest BCUT2D eigenvalue weighted by Gasteiger charge is 1.99. The van der Waals surface area contributed by atoms with Crippen molar-refractivity contribution >= 4 is 22.6 Å². The van der Waals surface area contributed by atoms with E-state index >= 15 is 0 Å². The van der Waals surface area contributed by atoms with E-state index in [-0.39, 0.29) is 5.82 Å². The van der Waals surface area contributed by atoms with E-state index in [9.17, 15) is 4.39 Å². The predicted octanol–water partition coefficient (Wildman–Crippen LogP) is 2.23. The summed E-state index contributed by atoms with van der Waals surface area (Å²) in [5, 5.41) is 4.00. The van der Waals surface area contributed by atoms with Crippen LogP contribution in [0.15, 0.2) is 34.4 Å². The van der Waals surface area contributed by atoms with Crippen LogP contribution in [-0.2, 0) is 0 Å². The highest BCUT2D eigenvalue weighted by atomic mass is 32.2. The first-order valence-electron chi connectivity index (χ1n) is 4.30. The maximum absolute atomic E-state index is 12.7. The van der Waals surface area contributed by atoms with Gasteiger partial charge in [0.25, 0.3) is 0 Å². The summed E-state index contributed by atoms with van der Waals surface area (Å²) in [7, 11) is 0. The van der Waals surface area contributed by atoms with Crippen molar-refractivity contribution in [2.24, 2.45) is 15.9 Å². The number of hydrogen-bond donors (Lipinski definition) is 1. The third-order valence-electron chi connectivity index (χ3n) is 1.82. The van der Waals surface area contributed by atoms with Crippen LogP contribution in [0.1, 0.15) is 12.5 Å². The number of aliphatic imine (C=N–C) groups is 1. The molecule has 0 saturated heterocycles. The smallest absolute Gasteiger partial charge is 0.205 e. The highest BCUT2D eigenvalue weighted by molar-refractivity contribution is 8.13. The van der Waals surface area contributed by atoms with Crippen LogP contribution in [-0.4, -0.2) is 17.1 Å². The molecule has 5 heteroatoms. The molecule has 1 aromatic rings. The number of halogens is 1. The lowest BCUT2D eigenvalue weighted by Crippen LogP contribution is -2.00. The molecule has 0 aliphatic heterocycles. The molecule has 0 aliphatic rings. The molecule has 0 saturated carbocycles. The molecule has 3 nitrogen and oxygen atoms in total. The van der Waals surface area contributed by atoms with Gasteiger partial charge < -0.3 is 5.84 Å². The number of hydrogen-bond acceptors (Lipinski definition) is 3. The summed E-state index contributed by atoms with van der Waals surface area (Å²) in [5.41, 5.74) is 1.61. The second-order valence-corrected chi connectivity index (χ2v) is 3.59. The first-order chi connectivity index (χ1) is 7.17. The van der Waals surface area contributed by atoms with Crippen LogP contribution < -0.4 is 5.84 Å². The average Bonchev–Trinajstić information content (AvgIpc) is 2.26. The molecule has 0 bridgehead atoms. The average molecular weight is 225 g/mol. The van der Waals surface area contributed by atoms with E-state index in [1.54, 1.807) is 12.1 Å². The molecule has 0 heterocycles. The van der Waals surface area contributed by atoms with Gasteiger partial charge in [-0.3, -0.25) is 0 Å². The van der Waals surface area contributed by atoms with E-state index in [2.05, 4.69) is 10.1 Å². The first kappa shape index (κ1) is 11.7. The van der Waals surface area contributed by atoms with E-state index in [1.165, 1.54) is 23.9 Å². The van der Waals surface area contributed by atoms with E-state index in [1.807, 2.05) is 13.2 Å². The molecule has 0 amide bonds. The zero-order chi connectivity index (χ0) is 11.3. The van der Waals surface area contributed by atoms with Gasteiger partial charge in [-0.15, -0.1) is 0 Å². The number of nitrogens with two attached hydrogens (primary N) is 1. The number of amidine groups is 1. The van der Waals surface area contributed by atoms with E-state index < -0.39 is 0 Å². The molecule has 0 radical (unpaired) electrons. The largest absolute Gasteiger partial charge is 0.321 e. The van der Waals surface area contributed by atoms with Crippen LogP contribution in [0.25, 0.3) is 0 Å². The summed E-state index contributed by atoms with van der Waals surface area (Å²) in [6.07, 6.45) is 1.84. The Bertz CT molecular complexity index is 384. The van der Waals surface area contributed by atoms with Gasteiger partial charge in [-0.05, 0) is 30.9 Å². The second kappa shape index (κ2) is 5.50. The third-order valence-corrected chi connectivity index (χ3v) is 2.38. The molecule has 15 heavy (non-hydrogen) atoms. The minimum atomic E-state index is -0.260. The van der Waals surface area contributed by atoms with Crippen molar-refractivity contribution in [1.29, 1.82) is 0 Å². The van der Waals surface area contributed by atoms with Gasteiger partial charge in [0, 0.05) is 5.71 Å². The molecule has 2 N–H and O–H groups in total. The van der Waals surface area contributed by atoms with Gasteiger partial charge in [-0.1, -0.05) is 23.9 Å². The van der Waals surface area contributed by atoms with Gasteiger partial charge in [0.1, 0.15) is 5.82 Å². The molecule has 0 fully saturated rings. The number of thioether (sulfide) groups is 1. The van der Waals surface area contributed by atoms with Crippen LogP contribution in [0.3, 0.4) is 0 Å².